The van der Waals surface area contributed by atoms with Gasteiger partial charge in [-0.15, -0.1) is 0 Å². The first kappa shape index (κ1) is 30.8. The van der Waals surface area contributed by atoms with E-state index in [2.05, 4.69) is 9.97 Å². The van der Waals surface area contributed by atoms with Crippen molar-refractivity contribution in [3.63, 3.8) is 0 Å². The summed E-state index contributed by atoms with van der Waals surface area (Å²) in [5, 5.41) is 22.0. The molecule has 4 atom stereocenters. The van der Waals surface area contributed by atoms with Crippen LogP contribution in [0.5, 0.6) is 0 Å². The maximum Gasteiger partial charge on any atom is 0.351 e. The summed E-state index contributed by atoms with van der Waals surface area (Å²) in [5.41, 5.74) is -3.86. The highest BCUT2D eigenvalue weighted by Crippen LogP contribution is 2.50. The third-order valence-electron chi connectivity index (χ3n) is 6.47. The average molecular weight is 596 g/mol. The number of ether oxygens (including phenoxy) is 1. The molecule has 2 heterocycles. The van der Waals surface area contributed by atoms with Crippen LogP contribution in [0, 0.1) is 0 Å². The van der Waals surface area contributed by atoms with E-state index >= 15 is 8.78 Å². The fourth-order valence-corrected chi connectivity index (χ4v) is 5.31. The molecule has 0 saturated carbocycles. The molecule has 42 heavy (non-hydrogen) atoms. The minimum atomic E-state index is -4.51. The predicted octanol–water partition coefficient (Wildman–Crippen LogP) is 3.68. The molecule has 1 aliphatic heterocycles. The van der Waals surface area contributed by atoms with E-state index in [4.69, 9.17) is 4.74 Å². The Morgan fingerprint density at radius 3 is 2.14 bits per heavy atom. The van der Waals surface area contributed by atoms with Crippen molar-refractivity contribution in [1.82, 2.24) is 9.55 Å². The topological polar surface area (TPSA) is 131 Å². The van der Waals surface area contributed by atoms with Crippen LogP contribution in [-0.4, -0.2) is 63.3 Å². The second-order valence-electron chi connectivity index (χ2n) is 10.9. The lowest BCUT2D eigenvalue weighted by Crippen LogP contribution is -2.61. The summed E-state index contributed by atoms with van der Waals surface area (Å²) in [7, 11) is -1.96. The van der Waals surface area contributed by atoms with E-state index < -0.39 is 55.5 Å². The van der Waals surface area contributed by atoms with Crippen LogP contribution in [0.15, 0.2) is 89.9 Å². The number of halogens is 2. The number of carbonyl (C=O) groups excluding carboxylic acids is 2. The lowest BCUT2D eigenvalue weighted by molar-refractivity contribution is -0.189. The van der Waals surface area contributed by atoms with E-state index in [0.29, 0.717) is 21.8 Å². The van der Waals surface area contributed by atoms with Gasteiger partial charge in [0.05, 0.1) is 0 Å². The first-order valence-corrected chi connectivity index (χ1v) is 16.6. The Hall–Kier alpha value is -4.10. The molecular formula is C30H31F2N3O6Si. The molecule has 1 aliphatic rings. The average Bonchev–Trinajstić information content (AvgIpc) is 3.16. The number of aliphatic hydroxyl groups excluding tert-OH is 1. The number of alkyl halides is 2. The van der Waals surface area contributed by atoms with Crippen molar-refractivity contribution in [1.29, 1.82) is 0 Å². The maximum atomic E-state index is 16.1. The molecule has 2 aromatic carbocycles. The zero-order valence-electron chi connectivity index (χ0n) is 23.1. The van der Waals surface area contributed by atoms with Gasteiger partial charge in [0, 0.05) is 6.20 Å². The molecule has 3 N–H and O–H groups in total. The molecule has 1 aromatic heterocycles. The Morgan fingerprint density at radius 2 is 1.60 bits per heavy atom. The van der Waals surface area contributed by atoms with E-state index in [9.17, 15) is 24.6 Å². The van der Waals surface area contributed by atoms with E-state index in [1.807, 2.05) is 19.6 Å². The Morgan fingerprint density at radius 1 is 1.02 bits per heavy atom. The van der Waals surface area contributed by atoms with Crippen LogP contribution >= 0.6 is 0 Å². The van der Waals surface area contributed by atoms with Gasteiger partial charge in [0.15, 0.2) is 17.7 Å². The van der Waals surface area contributed by atoms with Crippen LogP contribution in [0.25, 0.3) is 12.2 Å². The largest absolute Gasteiger partial charge is 0.396 e. The molecule has 1 saturated heterocycles. The fourth-order valence-electron chi connectivity index (χ4n) is 4.41. The van der Waals surface area contributed by atoms with E-state index in [0.717, 1.165) is 12.3 Å². The van der Waals surface area contributed by atoms with Crippen LogP contribution in [0.1, 0.15) is 17.4 Å². The summed E-state index contributed by atoms with van der Waals surface area (Å²) in [4.78, 5) is 46.3. The summed E-state index contributed by atoms with van der Waals surface area (Å²) < 4.78 is 38.0. The SMILES string of the molecule is C[Si](C)(C)Nc1ccn([C@@H]2O[C@H](C(=O)C(O)C=Cc3ccccc3)[C@](O)(C(=O)C=Cc3ccccc3)C2(F)F)c(=O)n1. The molecule has 1 fully saturated rings. The van der Waals surface area contributed by atoms with Crippen LogP contribution < -0.4 is 10.7 Å². The minimum Gasteiger partial charge on any atom is -0.396 e. The summed E-state index contributed by atoms with van der Waals surface area (Å²) in [5.74, 6) is -7.29. The number of hydrogen-bond acceptors (Lipinski definition) is 8. The van der Waals surface area contributed by atoms with Crippen molar-refractivity contribution in [2.75, 3.05) is 4.98 Å². The van der Waals surface area contributed by atoms with Crippen LogP contribution in [-0.2, 0) is 14.3 Å². The lowest BCUT2D eigenvalue weighted by Gasteiger charge is -2.30. The van der Waals surface area contributed by atoms with Gasteiger partial charge in [-0.3, -0.25) is 14.2 Å². The summed E-state index contributed by atoms with van der Waals surface area (Å²) in [6.45, 7) is 5.82. The van der Waals surface area contributed by atoms with Crippen molar-refractivity contribution in [3.05, 3.63) is 107 Å². The van der Waals surface area contributed by atoms with Gasteiger partial charge >= 0.3 is 11.6 Å². The van der Waals surface area contributed by atoms with Crippen LogP contribution in [0.3, 0.4) is 0 Å². The number of ketones is 2. The van der Waals surface area contributed by atoms with Gasteiger partial charge in [0.25, 0.3) is 0 Å². The Bertz CT molecular complexity index is 1560. The second kappa shape index (κ2) is 12.0. The van der Waals surface area contributed by atoms with Gasteiger partial charge in [-0.2, -0.15) is 13.8 Å². The molecule has 12 heteroatoms. The summed E-state index contributed by atoms with van der Waals surface area (Å²) in [6, 6.07) is 18.0. The molecule has 0 bridgehead atoms. The van der Waals surface area contributed by atoms with Crippen LogP contribution in [0.2, 0.25) is 19.6 Å². The molecule has 0 aliphatic carbocycles. The van der Waals surface area contributed by atoms with Crippen molar-refractivity contribution >= 4 is 37.8 Å². The summed E-state index contributed by atoms with van der Waals surface area (Å²) >= 11 is 0. The third-order valence-corrected chi connectivity index (χ3v) is 7.48. The highest BCUT2D eigenvalue weighted by molar-refractivity contribution is 6.79. The molecule has 0 spiro atoms. The van der Waals surface area contributed by atoms with Gasteiger partial charge in [-0.1, -0.05) is 92.5 Å². The molecule has 1 unspecified atom stereocenters. The number of aliphatic hydroxyl groups is 2. The van der Waals surface area contributed by atoms with Gasteiger partial charge in [0.2, 0.25) is 11.8 Å². The number of anilines is 1. The number of aromatic nitrogens is 2. The number of benzene rings is 2. The highest BCUT2D eigenvalue weighted by atomic mass is 28.3. The number of rotatable bonds is 10. The standard InChI is InChI=1S/C30H31F2N3O6Si/c1-42(2,3)34-24-18-19-35(28(39)33-24)27-30(31,32)29(40,23(37)17-15-21-12-8-5-9-13-21)26(41-27)25(38)22(36)16-14-20-10-6-4-7-11-20/h4-19,22,26-27,36,40H,1-3H3,(H,33,34,39)/t22?,26-,27-,29-/m1/s1. The van der Waals surface area contributed by atoms with Crippen molar-refractivity contribution in [2.45, 2.75) is 49.6 Å². The number of nitrogens with zero attached hydrogens (tertiary/aromatic N) is 2. The Labute approximate surface area is 241 Å². The lowest BCUT2D eigenvalue weighted by atomic mass is 9.83. The van der Waals surface area contributed by atoms with Gasteiger partial charge < -0.3 is 19.9 Å². The quantitative estimate of drug-likeness (QED) is 0.239. The first-order chi connectivity index (χ1) is 19.7. The Balaban J connectivity index is 1.74. The van der Waals surface area contributed by atoms with E-state index in [1.165, 1.54) is 18.2 Å². The van der Waals surface area contributed by atoms with Gasteiger partial charge in [-0.05, 0) is 29.3 Å². The number of nitrogens with one attached hydrogen (secondary N) is 1. The molecule has 3 aromatic rings. The van der Waals surface area contributed by atoms with Crippen molar-refractivity contribution in [2.24, 2.45) is 0 Å². The third kappa shape index (κ3) is 6.36. The molecular weight excluding hydrogens is 564 g/mol. The van der Waals surface area contributed by atoms with Crippen LogP contribution in [0.4, 0.5) is 14.6 Å². The number of Topliss-reactive ketones (excluding diaryl/α,β-unsaturated/α-hetero) is 1. The molecule has 9 nitrogen and oxygen atoms in total. The molecule has 0 radical (unpaired) electrons. The Kier molecular flexibility index (Phi) is 8.83. The zero-order valence-corrected chi connectivity index (χ0v) is 24.1. The van der Waals surface area contributed by atoms with Gasteiger partial charge in [0.1, 0.15) is 20.2 Å². The smallest absolute Gasteiger partial charge is 0.351 e. The normalized spacial score (nSPS) is 22.8. The molecule has 4 rings (SSSR count). The van der Waals surface area contributed by atoms with Crippen molar-refractivity contribution < 1.29 is 33.3 Å². The fraction of sp³-hybridized carbons (Fsp3) is 0.267. The van der Waals surface area contributed by atoms with E-state index in [1.54, 1.807) is 60.7 Å². The number of carbonyl (C=O) groups is 2. The number of hydrogen-bond donors (Lipinski definition) is 3. The first-order valence-electron chi connectivity index (χ1n) is 13.1. The monoisotopic (exact) mass is 595 g/mol. The maximum absolute atomic E-state index is 16.1. The van der Waals surface area contributed by atoms with Crippen molar-refractivity contribution in [3.8, 4) is 0 Å². The zero-order chi connectivity index (χ0) is 30.7. The van der Waals surface area contributed by atoms with Gasteiger partial charge in [-0.25, -0.2) is 4.79 Å². The summed E-state index contributed by atoms with van der Waals surface area (Å²) in [6.07, 6.45) is -1.85. The minimum absolute atomic E-state index is 0.156. The molecule has 0 amide bonds. The predicted molar refractivity (Wildman–Crippen MR) is 156 cm³/mol. The second-order valence-corrected chi connectivity index (χ2v) is 15.6. The van der Waals surface area contributed by atoms with E-state index in [-0.39, 0.29) is 5.82 Å². The molecule has 220 valence electrons. The highest BCUT2D eigenvalue weighted by Gasteiger charge is 2.75.